The van der Waals surface area contributed by atoms with E-state index in [1.807, 2.05) is 12.1 Å². The molecule has 5 aliphatic rings. The molecule has 0 N–H and O–H groups in total. The molecule has 0 radical (unpaired) electrons. The maximum Gasteiger partial charge on any atom is 0.310 e. The van der Waals surface area contributed by atoms with Crippen LogP contribution in [0.1, 0.15) is 103 Å². The van der Waals surface area contributed by atoms with Crippen LogP contribution >= 0.6 is 0 Å². The number of ether oxygens (including phenoxy) is 6. The molecule has 312 valence electrons. The first kappa shape index (κ1) is 41.3. The molecule has 1 aliphatic carbocycles. The highest BCUT2D eigenvalue weighted by Gasteiger charge is 2.55. The van der Waals surface area contributed by atoms with Gasteiger partial charge in [0.15, 0.2) is 23.0 Å². The Kier molecular flexibility index (Phi) is 11.7. The fourth-order valence-corrected chi connectivity index (χ4v) is 10.7. The number of hydrogen-bond acceptors (Lipinski definition) is 12. The van der Waals surface area contributed by atoms with Crippen molar-refractivity contribution in [2.24, 2.45) is 11.8 Å². The van der Waals surface area contributed by atoms with Crippen LogP contribution in [0.25, 0.3) is 0 Å². The van der Waals surface area contributed by atoms with Gasteiger partial charge in [-0.1, -0.05) is 0 Å². The third-order valence-electron chi connectivity index (χ3n) is 13.7. The first-order valence-electron chi connectivity index (χ1n) is 20.6. The van der Waals surface area contributed by atoms with Crippen LogP contribution in [0.2, 0.25) is 0 Å². The van der Waals surface area contributed by atoms with Crippen molar-refractivity contribution in [3.63, 3.8) is 0 Å². The topological polar surface area (TPSA) is 158 Å². The molecule has 6 atom stereocenters. The number of rotatable bonds is 12. The number of nitrogens with zero attached hydrogens (tertiary/aromatic N) is 2. The summed E-state index contributed by atoms with van der Waals surface area (Å²) in [5.41, 5.74) is 1.91. The zero-order chi connectivity index (χ0) is 41.5. The molecule has 7 rings (SSSR count). The van der Waals surface area contributed by atoms with Crippen LogP contribution in [0.15, 0.2) is 36.4 Å². The normalized spacial score (nSPS) is 32.0. The molecule has 0 spiro atoms. The smallest absolute Gasteiger partial charge is 0.310 e. The molecule has 0 amide bonds. The van der Waals surface area contributed by atoms with E-state index in [0.29, 0.717) is 25.9 Å². The molecule has 1 saturated carbocycles. The van der Waals surface area contributed by atoms with Crippen molar-refractivity contribution in [3.8, 4) is 23.0 Å². The number of fused-ring (bicyclic) bond motifs is 4. The second-order valence-corrected chi connectivity index (χ2v) is 17.6. The average molecular weight is 805 g/mol. The molecule has 2 aromatic rings. The van der Waals surface area contributed by atoms with Crippen molar-refractivity contribution in [3.05, 3.63) is 47.5 Å². The van der Waals surface area contributed by atoms with Crippen LogP contribution in [0.5, 0.6) is 23.0 Å². The molecule has 14 nitrogen and oxygen atoms in total. The van der Waals surface area contributed by atoms with Crippen LogP contribution in [0.4, 0.5) is 0 Å². The van der Waals surface area contributed by atoms with Crippen LogP contribution < -0.4 is 18.9 Å². The van der Waals surface area contributed by atoms with Gasteiger partial charge in [0.2, 0.25) is 0 Å². The summed E-state index contributed by atoms with van der Waals surface area (Å²) in [5.74, 6) is -2.79. The van der Waals surface area contributed by atoms with Gasteiger partial charge in [-0.15, -0.1) is 0 Å². The van der Waals surface area contributed by atoms with E-state index < -0.39 is 35.7 Å². The maximum atomic E-state index is 13.6. The van der Waals surface area contributed by atoms with Crippen molar-refractivity contribution in [1.82, 2.24) is 0 Å². The molecule has 4 bridgehead atoms. The van der Waals surface area contributed by atoms with E-state index in [9.17, 15) is 28.8 Å². The largest absolute Gasteiger partial charge is 0.462 e. The van der Waals surface area contributed by atoms with E-state index in [4.69, 9.17) is 28.4 Å². The first-order chi connectivity index (χ1) is 27.5. The first-order valence-corrected chi connectivity index (χ1v) is 20.6. The quantitative estimate of drug-likeness (QED) is 0.151. The Morgan fingerprint density at radius 1 is 0.483 bits per heavy atom. The summed E-state index contributed by atoms with van der Waals surface area (Å²) in [6.07, 6.45) is 7.73. The Morgan fingerprint density at radius 3 is 1.09 bits per heavy atom. The zero-order valence-corrected chi connectivity index (χ0v) is 34.4. The van der Waals surface area contributed by atoms with E-state index in [0.717, 1.165) is 71.5 Å². The number of carbonyl (C=O) groups is 6. The SMILES string of the molecule is CC(=O)Oc1ccc(C[N+]2(C)C3CCC2CC(OC(=O)C2CCC2C(=O)OC2CC4CCC(C2)[N+]4(C)Cc2ccc(OC(C)=O)c(OC(C)=O)c2)C3)cc1OC(C)=O. The summed E-state index contributed by atoms with van der Waals surface area (Å²) in [6, 6.07) is 11.7. The number of carbonyl (C=O) groups excluding carboxylic acids is 6. The molecule has 4 saturated heterocycles. The van der Waals surface area contributed by atoms with Gasteiger partial charge in [0.25, 0.3) is 0 Å². The van der Waals surface area contributed by atoms with Crippen molar-refractivity contribution in [2.45, 2.75) is 141 Å². The van der Waals surface area contributed by atoms with Gasteiger partial charge in [-0.2, -0.15) is 0 Å². The molecule has 6 unspecified atom stereocenters. The summed E-state index contributed by atoms with van der Waals surface area (Å²) in [5, 5.41) is 0. The Balaban J connectivity index is 0.918. The summed E-state index contributed by atoms with van der Waals surface area (Å²) in [4.78, 5) is 73.9. The molecule has 5 fully saturated rings. The van der Waals surface area contributed by atoms with E-state index in [-0.39, 0.29) is 71.3 Å². The lowest BCUT2D eigenvalue weighted by atomic mass is 9.73. The number of quaternary nitrogens is 2. The second kappa shape index (κ2) is 16.4. The molecule has 14 heteroatoms. The van der Waals surface area contributed by atoms with Gasteiger partial charge in [0.05, 0.1) is 50.1 Å². The lowest BCUT2D eigenvalue weighted by Gasteiger charge is -2.47. The van der Waals surface area contributed by atoms with Crippen molar-refractivity contribution >= 4 is 35.8 Å². The fraction of sp³-hybridized carbons (Fsp3) is 0.591. The summed E-state index contributed by atoms with van der Waals surface area (Å²) in [7, 11) is 4.46. The summed E-state index contributed by atoms with van der Waals surface area (Å²) in [6.45, 7) is 6.57. The van der Waals surface area contributed by atoms with Gasteiger partial charge in [0.1, 0.15) is 25.3 Å². The molecule has 58 heavy (non-hydrogen) atoms. The van der Waals surface area contributed by atoms with Crippen molar-refractivity contribution in [1.29, 1.82) is 0 Å². The number of benzene rings is 2. The van der Waals surface area contributed by atoms with Crippen molar-refractivity contribution < 1.29 is 66.2 Å². The van der Waals surface area contributed by atoms with E-state index in [1.165, 1.54) is 27.7 Å². The number of esters is 6. The predicted octanol–water partition coefficient (Wildman–Crippen LogP) is 5.48. The zero-order valence-electron chi connectivity index (χ0n) is 34.4. The van der Waals surface area contributed by atoms with Crippen molar-refractivity contribution in [2.75, 3.05) is 14.1 Å². The summed E-state index contributed by atoms with van der Waals surface area (Å²) >= 11 is 0. The minimum Gasteiger partial charge on any atom is -0.462 e. The minimum atomic E-state index is -0.503. The van der Waals surface area contributed by atoms with E-state index in [1.54, 1.807) is 24.3 Å². The molecule has 0 aromatic heterocycles. The lowest BCUT2D eigenvalue weighted by Crippen LogP contribution is -2.59. The van der Waals surface area contributed by atoms with Crippen LogP contribution in [-0.2, 0) is 51.3 Å². The number of hydrogen-bond donors (Lipinski definition) is 0. The third kappa shape index (κ3) is 8.63. The molecule has 4 aliphatic heterocycles. The van der Waals surface area contributed by atoms with Crippen LogP contribution in [0, 0.1) is 11.8 Å². The summed E-state index contributed by atoms with van der Waals surface area (Å²) < 4.78 is 35.1. The highest BCUT2D eigenvalue weighted by molar-refractivity contribution is 5.84. The monoisotopic (exact) mass is 804 g/mol. The van der Waals surface area contributed by atoms with Crippen LogP contribution in [-0.4, -0.2) is 95.3 Å². The Morgan fingerprint density at radius 2 is 0.793 bits per heavy atom. The Bertz CT molecular complexity index is 1810. The van der Waals surface area contributed by atoms with Gasteiger partial charge < -0.3 is 37.4 Å². The van der Waals surface area contributed by atoms with Gasteiger partial charge in [0, 0.05) is 90.2 Å². The highest BCUT2D eigenvalue weighted by Crippen LogP contribution is 2.47. The van der Waals surface area contributed by atoms with E-state index >= 15 is 0 Å². The molecular weight excluding hydrogens is 748 g/mol. The highest BCUT2D eigenvalue weighted by atomic mass is 16.6. The Hall–Kier alpha value is -4.82. The fourth-order valence-electron chi connectivity index (χ4n) is 10.7. The van der Waals surface area contributed by atoms with Gasteiger partial charge in [-0.25, -0.2) is 0 Å². The third-order valence-corrected chi connectivity index (χ3v) is 13.7. The van der Waals surface area contributed by atoms with Crippen LogP contribution in [0.3, 0.4) is 0 Å². The number of piperidine rings is 2. The molecule has 2 aromatic carbocycles. The average Bonchev–Trinajstić information content (AvgIpc) is 3.33. The molecular formula is C44H56N2O12+2. The Labute approximate surface area is 339 Å². The van der Waals surface area contributed by atoms with E-state index in [2.05, 4.69) is 14.1 Å². The lowest BCUT2D eigenvalue weighted by molar-refractivity contribution is -0.961. The standard InChI is InChI=1S/C44H56N2O12/c1-25(47)53-39-15-7-29(17-41(39)55-27(3)49)23-45(5)31-9-10-32(45)20-35(19-31)57-43(51)37-13-14-38(37)44(52)58-36-21-33-11-12-34(22-36)46(33,6)24-30-8-16-40(54-26(2)48)42(18-30)56-28(4)50/h7-8,15-18,31-38H,9-14,19-24H2,1-6H3/q+2. The van der Waals surface area contributed by atoms with Gasteiger partial charge in [-0.05, 0) is 49.2 Å². The van der Waals surface area contributed by atoms with Gasteiger partial charge >= 0.3 is 35.8 Å². The maximum absolute atomic E-state index is 13.6. The van der Waals surface area contributed by atoms with Gasteiger partial charge in [-0.3, -0.25) is 28.8 Å². The second-order valence-electron chi connectivity index (χ2n) is 17.6. The molecule has 4 heterocycles. The predicted molar refractivity (Wildman–Crippen MR) is 206 cm³/mol. The minimum absolute atomic E-state index is 0.199.